The van der Waals surface area contributed by atoms with E-state index < -0.39 is 6.04 Å². The molecule has 0 radical (unpaired) electrons. The second kappa shape index (κ2) is 6.91. The van der Waals surface area contributed by atoms with Gasteiger partial charge in [-0.05, 0) is 49.6 Å². The maximum atomic E-state index is 12.4. The SMILES string of the molecule is CC(=O)c1cc(NC(=O)[C@@H](N)Cc2c[nH]c3ccccc23)ccc1C. The highest BCUT2D eigenvalue weighted by atomic mass is 16.2. The number of anilines is 1. The zero-order valence-electron chi connectivity index (χ0n) is 14.3. The molecule has 0 aliphatic heterocycles. The number of nitrogens with two attached hydrogens (primary N) is 1. The Morgan fingerprint density at radius 3 is 2.72 bits per heavy atom. The number of rotatable bonds is 5. The molecule has 4 N–H and O–H groups in total. The van der Waals surface area contributed by atoms with Crippen LogP contribution in [0.15, 0.2) is 48.7 Å². The number of nitrogens with one attached hydrogen (secondary N) is 2. The van der Waals surface area contributed by atoms with E-state index >= 15 is 0 Å². The van der Waals surface area contributed by atoms with Gasteiger partial charge >= 0.3 is 0 Å². The molecule has 1 atom stereocenters. The van der Waals surface area contributed by atoms with Gasteiger partial charge in [0.2, 0.25) is 5.91 Å². The van der Waals surface area contributed by atoms with Crippen molar-refractivity contribution in [3.63, 3.8) is 0 Å². The molecule has 0 saturated carbocycles. The Labute approximate surface area is 146 Å². The van der Waals surface area contributed by atoms with E-state index in [0.717, 1.165) is 22.0 Å². The Balaban J connectivity index is 1.73. The molecular weight excluding hydrogens is 314 g/mol. The fourth-order valence-corrected chi connectivity index (χ4v) is 2.94. The lowest BCUT2D eigenvalue weighted by atomic mass is 10.0. The minimum Gasteiger partial charge on any atom is -0.361 e. The van der Waals surface area contributed by atoms with Crippen LogP contribution in [0.2, 0.25) is 0 Å². The van der Waals surface area contributed by atoms with Gasteiger partial charge < -0.3 is 16.0 Å². The second-order valence-electron chi connectivity index (χ2n) is 6.25. The number of aromatic nitrogens is 1. The minimum absolute atomic E-state index is 0.0308. The van der Waals surface area contributed by atoms with Gasteiger partial charge in [0.05, 0.1) is 6.04 Å². The Kier molecular flexibility index (Phi) is 4.67. The van der Waals surface area contributed by atoms with E-state index in [-0.39, 0.29) is 11.7 Å². The highest BCUT2D eigenvalue weighted by molar-refractivity contribution is 5.99. The number of para-hydroxylation sites is 1. The minimum atomic E-state index is -0.679. The summed E-state index contributed by atoms with van der Waals surface area (Å²) in [5, 5.41) is 3.87. The number of carbonyl (C=O) groups excluding carboxylic acids is 2. The predicted molar refractivity (Wildman–Crippen MR) is 99.8 cm³/mol. The third kappa shape index (κ3) is 3.61. The standard InChI is InChI=1S/C20H21N3O2/c1-12-7-8-15(10-17(12)13(2)24)23-20(25)18(21)9-14-11-22-19-6-4-3-5-16(14)19/h3-8,10-11,18,22H,9,21H2,1-2H3,(H,23,25)/t18-/m0/s1. The number of benzene rings is 2. The van der Waals surface area contributed by atoms with Crippen molar-refractivity contribution >= 4 is 28.3 Å². The fourth-order valence-electron chi connectivity index (χ4n) is 2.94. The number of H-pyrrole nitrogens is 1. The van der Waals surface area contributed by atoms with Crippen LogP contribution in [0.1, 0.15) is 28.4 Å². The molecule has 1 heterocycles. The molecule has 0 fully saturated rings. The Hall–Kier alpha value is -2.92. The van der Waals surface area contributed by atoms with Crippen LogP contribution < -0.4 is 11.1 Å². The van der Waals surface area contributed by atoms with E-state index in [2.05, 4.69) is 10.3 Å². The maximum absolute atomic E-state index is 12.4. The van der Waals surface area contributed by atoms with Gasteiger partial charge in [-0.25, -0.2) is 0 Å². The van der Waals surface area contributed by atoms with Gasteiger partial charge in [0.1, 0.15) is 0 Å². The van der Waals surface area contributed by atoms with Gasteiger partial charge in [0.25, 0.3) is 0 Å². The molecule has 128 valence electrons. The number of amides is 1. The maximum Gasteiger partial charge on any atom is 0.241 e. The van der Waals surface area contributed by atoms with E-state index in [4.69, 9.17) is 5.73 Å². The fraction of sp³-hybridized carbons (Fsp3) is 0.200. The van der Waals surface area contributed by atoms with Crippen molar-refractivity contribution in [3.8, 4) is 0 Å². The smallest absolute Gasteiger partial charge is 0.241 e. The summed E-state index contributed by atoms with van der Waals surface area (Å²) in [5.74, 6) is -0.305. The van der Waals surface area contributed by atoms with E-state index in [1.165, 1.54) is 6.92 Å². The molecular formula is C20H21N3O2. The summed E-state index contributed by atoms with van der Waals surface area (Å²) in [5.41, 5.74) is 10.2. The summed E-state index contributed by atoms with van der Waals surface area (Å²) in [6, 6.07) is 12.5. The number of Topliss-reactive ketones (excluding diaryl/α,β-unsaturated/α-hetero) is 1. The van der Waals surface area contributed by atoms with Crippen molar-refractivity contribution in [1.29, 1.82) is 0 Å². The van der Waals surface area contributed by atoms with Crippen molar-refractivity contribution in [2.75, 3.05) is 5.32 Å². The molecule has 0 aliphatic carbocycles. The molecule has 0 aliphatic rings. The average Bonchev–Trinajstić information content (AvgIpc) is 2.99. The van der Waals surface area contributed by atoms with Crippen LogP contribution in [-0.2, 0) is 11.2 Å². The Morgan fingerprint density at radius 2 is 1.96 bits per heavy atom. The number of carbonyl (C=O) groups is 2. The van der Waals surface area contributed by atoms with Crippen LogP contribution in [0.4, 0.5) is 5.69 Å². The third-order valence-corrected chi connectivity index (χ3v) is 4.34. The summed E-state index contributed by atoms with van der Waals surface area (Å²) in [7, 11) is 0. The van der Waals surface area contributed by atoms with Crippen molar-refractivity contribution in [2.45, 2.75) is 26.3 Å². The van der Waals surface area contributed by atoms with E-state index in [9.17, 15) is 9.59 Å². The van der Waals surface area contributed by atoms with E-state index in [1.54, 1.807) is 12.1 Å². The number of aromatic amines is 1. The molecule has 1 aromatic heterocycles. The number of aryl methyl sites for hydroxylation is 1. The zero-order chi connectivity index (χ0) is 18.0. The van der Waals surface area contributed by atoms with E-state index in [1.807, 2.05) is 43.5 Å². The summed E-state index contributed by atoms with van der Waals surface area (Å²) >= 11 is 0. The number of hydrogen-bond acceptors (Lipinski definition) is 3. The van der Waals surface area contributed by atoms with Crippen molar-refractivity contribution in [1.82, 2.24) is 4.98 Å². The van der Waals surface area contributed by atoms with E-state index in [0.29, 0.717) is 17.7 Å². The van der Waals surface area contributed by atoms with Gasteiger partial charge in [-0.3, -0.25) is 9.59 Å². The molecule has 25 heavy (non-hydrogen) atoms. The molecule has 1 amide bonds. The van der Waals surface area contributed by atoms with Gasteiger partial charge in [-0.15, -0.1) is 0 Å². The lowest BCUT2D eigenvalue weighted by Crippen LogP contribution is -2.37. The summed E-state index contributed by atoms with van der Waals surface area (Å²) in [6.07, 6.45) is 2.32. The molecule has 0 spiro atoms. The largest absolute Gasteiger partial charge is 0.361 e. The molecule has 5 nitrogen and oxygen atoms in total. The van der Waals surface area contributed by atoms with Gasteiger partial charge in [0.15, 0.2) is 5.78 Å². The molecule has 0 saturated heterocycles. The summed E-state index contributed by atoms with van der Waals surface area (Å²) in [6.45, 7) is 3.38. The van der Waals surface area contributed by atoms with Crippen molar-refractivity contribution in [2.24, 2.45) is 5.73 Å². The molecule has 2 aromatic carbocycles. The first-order valence-electron chi connectivity index (χ1n) is 8.18. The monoisotopic (exact) mass is 335 g/mol. The number of ketones is 1. The van der Waals surface area contributed by atoms with Crippen LogP contribution in [0.5, 0.6) is 0 Å². The lowest BCUT2D eigenvalue weighted by molar-refractivity contribution is -0.117. The second-order valence-corrected chi connectivity index (χ2v) is 6.25. The third-order valence-electron chi connectivity index (χ3n) is 4.34. The van der Waals surface area contributed by atoms with Crippen molar-refractivity contribution in [3.05, 3.63) is 65.4 Å². The van der Waals surface area contributed by atoms with Crippen LogP contribution in [0.25, 0.3) is 10.9 Å². The highest BCUT2D eigenvalue weighted by Gasteiger charge is 2.17. The predicted octanol–water partition coefficient (Wildman–Crippen LogP) is 3.19. The van der Waals surface area contributed by atoms with Gasteiger partial charge in [-0.1, -0.05) is 24.3 Å². The van der Waals surface area contributed by atoms with Crippen LogP contribution >= 0.6 is 0 Å². The summed E-state index contributed by atoms with van der Waals surface area (Å²) < 4.78 is 0. The van der Waals surface area contributed by atoms with Gasteiger partial charge in [0, 0.05) is 28.4 Å². The zero-order valence-corrected chi connectivity index (χ0v) is 14.3. The lowest BCUT2D eigenvalue weighted by Gasteiger charge is -2.13. The molecule has 5 heteroatoms. The van der Waals surface area contributed by atoms with Crippen LogP contribution in [0.3, 0.4) is 0 Å². The first-order valence-corrected chi connectivity index (χ1v) is 8.18. The summed E-state index contributed by atoms with van der Waals surface area (Å²) in [4.78, 5) is 27.2. The molecule has 3 aromatic rings. The molecule has 3 rings (SSSR count). The molecule has 0 bridgehead atoms. The Bertz CT molecular complexity index is 943. The normalized spacial score (nSPS) is 12.1. The number of fused-ring (bicyclic) bond motifs is 1. The average molecular weight is 335 g/mol. The quantitative estimate of drug-likeness (QED) is 0.626. The first kappa shape index (κ1) is 16.9. The molecule has 0 unspecified atom stereocenters. The van der Waals surface area contributed by atoms with Gasteiger partial charge in [-0.2, -0.15) is 0 Å². The van der Waals surface area contributed by atoms with Crippen molar-refractivity contribution < 1.29 is 9.59 Å². The highest BCUT2D eigenvalue weighted by Crippen LogP contribution is 2.20. The topological polar surface area (TPSA) is 88.0 Å². The first-order chi connectivity index (χ1) is 12.0. The Morgan fingerprint density at radius 1 is 1.20 bits per heavy atom. The van der Waals surface area contributed by atoms with Crippen LogP contribution in [-0.4, -0.2) is 22.7 Å². The number of hydrogen-bond donors (Lipinski definition) is 3. The van der Waals surface area contributed by atoms with Crippen LogP contribution in [0, 0.1) is 6.92 Å².